The van der Waals surface area contributed by atoms with Crippen molar-refractivity contribution in [2.24, 2.45) is 0 Å². The maximum absolute atomic E-state index is 12.9. The van der Waals surface area contributed by atoms with Gasteiger partial charge in [-0.05, 0) is 31.9 Å². The van der Waals surface area contributed by atoms with Crippen molar-refractivity contribution in [3.05, 3.63) is 66.4 Å². The van der Waals surface area contributed by atoms with Gasteiger partial charge in [0.1, 0.15) is 5.69 Å². The summed E-state index contributed by atoms with van der Waals surface area (Å²) < 4.78 is 30.5. The minimum absolute atomic E-state index is 0.0427. The molecule has 0 amide bonds. The molecule has 1 aliphatic carbocycles. The molecule has 1 heterocycles. The maximum atomic E-state index is 12.9. The lowest BCUT2D eigenvalue weighted by Gasteiger charge is -2.31. The fourth-order valence-electron chi connectivity index (χ4n) is 3.73. The van der Waals surface area contributed by atoms with E-state index in [1.54, 1.807) is 12.1 Å². The van der Waals surface area contributed by atoms with Crippen LogP contribution in [0.2, 0.25) is 0 Å². The van der Waals surface area contributed by atoms with Crippen LogP contribution in [0.15, 0.2) is 65.7 Å². The first-order valence-corrected chi connectivity index (χ1v) is 11.1. The Bertz CT molecular complexity index is 1030. The van der Waals surface area contributed by atoms with E-state index in [4.69, 9.17) is 0 Å². The highest BCUT2D eigenvalue weighted by Crippen LogP contribution is 2.30. The predicted octanol–water partition coefficient (Wildman–Crippen LogP) is 3.72. The van der Waals surface area contributed by atoms with Gasteiger partial charge >= 0.3 is 0 Å². The van der Waals surface area contributed by atoms with E-state index >= 15 is 0 Å². The van der Waals surface area contributed by atoms with Crippen molar-refractivity contribution in [2.75, 3.05) is 0 Å². The van der Waals surface area contributed by atoms with Crippen LogP contribution >= 0.6 is 0 Å². The molecule has 1 saturated carbocycles. The number of hydrogen-bond acceptors (Lipinski definition) is 4. The lowest BCUT2D eigenvalue weighted by molar-refractivity contribution is 0.267. The van der Waals surface area contributed by atoms with Crippen molar-refractivity contribution in [3.8, 4) is 11.3 Å². The summed E-state index contributed by atoms with van der Waals surface area (Å²) in [5, 5.41) is 8.61. The normalized spacial score (nSPS) is 20.2. The number of nitrogens with one attached hydrogen (secondary N) is 1. The third-order valence-electron chi connectivity index (χ3n) is 5.29. The zero-order valence-electron chi connectivity index (χ0n) is 15.8. The van der Waals surface area contributed by atoms with Crippen LogP contribution in [0.5, 0.6) is 0 Å². The number of rotatable bonds is 5. The molecular weight excluding hydrogens is 372 g/mol. The Balaban J connectivity index is 1.57. The van der Waals surface area contributed by atoms with Gasteiger partial charge < -0.3 is 0 Å². The van der Waals surface area contributed by atoms with Crippen LogP contribution in [-0.4, -0.2) is 29.5 Å². The molecule has 1 N–H and O–H groups in total. The Labute approximate surface area is 165 Å². The third-order valence-corrected chi connectivity index (χ3v) is 6.79. The Morgan fingerprint density at radius 2 is 1.71 bits per heavy atom. The molecular formula is C21H24N4O2S. The summed E-state index contributed by atoms with van der Waals surface area (Å²) in [5.41, 5.74) is 2.83. The average Bonchev–Trinajstić information content (AvgIpc) is 3.19. The number of sulfonamides is 1. The molecule has 0 saturated heterocycles. The monoisotopic (exact) mass is 396 g/mol. The van der Waals surface area contributed by atoms with Gasteiger partial charge in [-0.25, -0.2) is 17.8 Å². The number of hydrogen-bond donors (Lipinski definition) is 1. The predicted molar refractivity (Wildman–Crippen MR) is 108 cm³/mol. The molecule has 2 aromatic carbocycles. The summed E-state index contributed by atoms with van der Waals surface area (Å²) in [5.74, 6) is 0. The minimum atomic E-state index is -3.57. The Kier molecular flexibility index (Phi) is 5.28. The molecule has 0 bridgehead atoms. The summed E-state index contributed by atoms with van der Waals surface area (Å²) in [6.45, 7) is 1.94. The first-order chi connectivity index (χ1) is 13.5. The first-order valence-electron chi connectivity index (χ1n) is 9.59. The summed E-state index contributed by atoms with van der Waals surface area (Å²) in [4.78, 5) is 0.297. The summed E-state index contributed by atoms with van der Waals surface area (Å²) in [6, 6.07) is 16.6. The van der Waals surface area contributed by atoms with Crippen molar-refractivity contribution >= 4 is 10.0 Å². The van der Waals surface area contributed by atoms with E-state index in [2.05, 4.69) is 15.0 Å². The zero-order valence-corrected chi connectivity index (χ0v) is 16.6. The van der Waals surface area contributed by atoms with Gasteiger partial charge in [0.15, 0.2) is 0 Å². The average molecular weight is 397 g/mol. The van der Waals surface area contributed by atoms with Crippen LogP contribution < -0.4 is 4.72 Å². The van der Waals surface area contributed by atoms with Crippen LogP contribution in [0.25, 0.3) is 11.3 Å². The molecule has 4 rings (SSSR count). The molecule has 2 unspecified atom stereocenters. The largest absolute Gasteiger partial charge is 0.247 e. The molecule has 1 aliphatic rings. The van der Waals surface area contributed by atoms with E-state index in [1.165, 1.54) is 0 Å². The number of nitrogens with zero attached hydrogens (tertiary/aromatic N) is 3. The highest BCUT2D eigenvalue weighted by Gasteiger charge is 2.31. The first kappa shape index (κ1) is 18.8. The number of benzene rings is 2. The number of aromatic nitrogens is 3. The van der Waals surface area contributed by atoms with Crippen molar-refractivity contribution in [3.63, 3.8) is 0 Å². The highest BCUT2D eigenvalue weighted by molar-refractivity contribution is 7.89. The standard InChI is InChI=1S/C21H24N4O2S/c1-16-11-13-18(14-12-16)28(26,27)23-19-9-5-6-10-21(19)25-15-20(22-24-25)17-7-3-2-4-8-17/h2-4,7-8,11-15,19,21,23H,5-6,9-10H2,1H3. The van der Waals surface area contributed by atoms with Gasteiger partial charge in [-0.3, -0.25) is 0 Å². The van der Waals surface area contributed by atoms with Crippen LogP contribution in [-0.2, 0) is 10.0 Å². The minimum Gasteiger partial charge on any atom is -0.247 e. The second kappa shape index (κ2) is 7.85. The summed E-state index contributed by atoms with van der Waals surface area (Å²) in [6.07, 6.45) is 5.62. The molecule has 28 heavy (non-hydrogen) atoms. The molecule has 1 aromatic heterocycles. The molecule has 2 atom stereocenters. The zero-order chi connectivity index (χ0) is 19.6. The topological polar surface area (TPSA) is 76.9 Å². The van der Waals surface area contributed by atoms with Gasteiger partial charge in [-0.1, -0.05) is 66.1 Å². The summed E-state index contributed by atoms with van der Waals surface area (Å²) >= 11 is 0. The molecule has 3 aromatic rings. The lowest BCUT2D eigenvalue weighted by Crippen LogP contribution is -2.43. The van der Waals surface area contributed by atoms with Gasteiger partial charge in [0.05, 0.1) is 17.1 Å². The van der Waals surface area contributed by atoms with Crippen molar-refractivity contribution < 1.29 is 8.42 Å². The van der Waals surface area contributed by atoms with E-state index in [9.17, 15) is 8.42 Å². The molecule has 7 heteroatoms. The lowest BCUT2D eigenvalue weighted by atomic mass is 9.91. The van der Waals surface area contributed by atoms with Crippen molar-refractivity contribution in [1.82, 2.24) is 19.7 Å². The fourth-order valence-corrected chi connectivity index (χ4v) is 5.03. The second-order valence-electron chi connectivity index (χ2n) is 7.34. The maximum Gasteiger partial charge on any atom is 0.240 e. The fraction of sp³-hybridized carbons (Fsp3) is 0.333. The van der Waals surface area contributed by atoms with E-state index in [-0.39, 0.29) is 12.1 Å². The van der Waals surface area contributed by atoms with Gasteiger partial charge in [-0.2, -0.15) is 0 Å². The quantitative estimate of drug-likeness (QED) is 0.713. The molecule has 0 radical (unpaired) electrons. The molecule has 6 nitrogen and oxygen atoms in total. The van der Waals surface area contributed by atoms with Crippen LogP contribution in [0.3, 0.4) is 0 Å². The highest BCUT2D eigenvalue weighted by atomic mass is 32.2. The molecule has 0 spiro atoms. The molecule has 0 aliphatic heterocycles. The van der Waals surface area contributed by atoms with Gasteiger partial charge in [0.25, 0.3) is 0 Å². The van der Waals surface area contributed by atoms with E-state index < -0.39 is 10.0 Å². The Morgan fingerprint density at radius 3 is 2.46 bits per heavy atom. The Morgan fingerprint density at radius 1 is 1.00 bits per heavy atom. The van der Waals surface area contributed by atoms with Gasteiger partial charge in [0, 0.05) is 11.6 Å². The summed E-state index contributed by atoms with van der Waals surface area (Å²) in [7, 11) is -3.57. The van der Waals surface area contributed by atoms with E-state index in [0.717, 1.165) is 42.5 Å². The molecule has 146 valence electrons. The van der Waals surface area contributed by atoms with Gasteiger partial charge in [-0.15, -0.1) is 5.10 Å². The van der Waals surface area contributed by atoms with Crippen molar-refractivity contribution in [1.29, 1.82) is 0 Å². The third kappa shape index (κ3) is 4.00. The van der Waals surface area contributed by atoms with Crippen molar-refractivity contribution in [2.45, 2.75) is 49.6 Å². The second-order valence-corrected chi connectivity index (χ2v) is 9.06. The SMILES string of the molecule is Cc1ccc(S(=O)(=O)NC2CCCCC2n2cc(-c3ccccc3)nn2)cc1. The number of aryl methyl sites for hydroxylation is 1. The van der Waals surface area contributed by atoms with Crippen LogP contribution in [0, 0.1) is 6.92 Å². The smallest absolute Gasteiger partial charge is 0.240 e. The van der Waals surface area contributed by atoms with E-state index in [1.807, 2.05) is 60.3 Å². The van der Waals surface area contributed by atoms with Crippen LogP contribution in [0.1, 0.15) is 37.3 Å². The molecule has 1 fully saturated rings. The van der Waals surface area contributed by atoms with Crippen LogP contribution in [0.4, 0.5) is 0 Å². The van der Waals surface area contributed by atoms with Gasteiger partial charge in [0.2, 0.25) is 10.0 Å². The van der Waals surface area contributed by atoms with E-state index in [0.29, 0.717) is 4.90 Å². The Hall–Kier alpha value is -2.51.